The number of aliphatic hydroxyl groups is 1. The highest BCUT2D eigenvalue weighted by molar-refractivity contribution is 5.96. The van der Waals surface area contributed by atoms with E-state index in [1.54, 1.807) is 12.4 Å². The quantitative estimate of drug-likeness (QED) is 0.725. The molecule has 5 nitrogen and oxygen atoms in total. The molecule has 0 radical (unpaired) electrons. The van der Waals surface area contributed by atoms with Crippen molar-refractivity contribution in [3.8, 4) is 11.8 Å². The van der Waals surface area contributed by atoms with Gasteiger partial charge in [-0.3, -0.25) is 9.89 Å². The molecular formula is C14H12FN3O2. The number of aromatic nitrogens is 2. The van der Waals surface area contributed by atoms with Crippen LogP contribution >= 0.6 is 0 Å². The smallest absolute Gasteiger partial charge is 0.252 e. The zero-order valence-electron chi connectivity index (χ0n) is 10.5. The first-order valence-corrected chi connectivity index (χ1v) is 5.86. The minimum atomic E-state index is -0.520. The normalized spacial score (nSPS) is 9.70. The van der Waals surface area contributed by atoms with E-state index in [9.17, 15) is 9.18 Å². The molecule has 2 aromatic rings. The summed E-state index contributed by atoms with van der Waals surface area (Å²) in [4.78, 5) is 12.0. The number of halogens is 1. The van der Waals surface area contributed by atoms with E-state index in [-0.39, 0.29) is 18.7 Å². The van der Waals surface area contributed by atoms with Crippen molar-refractivity contribution in [1.29, 1.82) is 0 Å². The third kappa shape index (κ3) is 3.43. The zero-order valence-corrected chi connectivity index (χ0v) is 10.5. The molecule has 1 amide bonds. The van der Waals surface area contributed by atoms with E-state index in [0.29, 0.717) is 5.56 Å². The van der Waals surface area contributed by atoms with E-state index in [1.807, 2.05) is 0 Å². The summed E-state index contributed by atoms with van der Waals surface area (Å²) in [5.41, 5.74) is 1.30. The van der Waals surface area contributed by atoms with Gasteiger partial charge in [-0.25, -0.2) is 4.39 Å². The fourth-order valence-electron chi connectivity index (χ4n) is 1.60. The molecule has 20 heavy (non-hydrogen) atoms. The van der Waals surface area contributed by atoms with Crippen molar-refractivity contribution in [3.05, 3.63) is 53.1 Å². The molecule has 0 atom stereocenters. The Balaban J connectivity index is 2.17. The lowest BCUT2D eigenvalue weighted by Gasteiger charge is -2.06. The number of nitrogens with zero attached hydrogens (tertiary/aromatic N) is 1. The lowest BCUT2D eigenvalue weighted by Crippen LogP contribution is -2.23. The van der Waals surface area contributed by atoms with Crippen LogP contribution in [0, 0.1) is 17.7 Å². The minimum absolute atomic E-state index is 0.134. The van der Waals surface area contributed by atoms with E-state index in [0.717, 1.165) is 11.6 Å². The number of aliphatic hydroxyl groups excluding tert-OH is 1. The second kappa shape index (κ2) is 6.50. The van der Waals surface area contributed by atoms with Crippen LogP contribution in [0.2, 0.25) is 0 Å². The molecule has 1 aromatic carbocycles. The lowest BCUT2D eigenvalue weighted by atomic mass is 10.1. The van der Waals surface area contributed by atoms with E-state index >= 15 is 0 Å². The first-order chi connectivity index (χ1) is 9.70. The molecule has 1 heterocycles. The maximum Gasteiger partial charge on any atom is 0.252 e. The van der Waals surface area contributed by atoms with Gasteiger partial charge < -0.3 is 10.4 Å². The predicted molar refractivity (Wildman–Crippen MR) is 70.1 cm³/mol. The van der Waals surface area contributed by atoms with Gasteiger partial charge >= 0.3 is 0 Å². The molecule has 2 rings (SSSR count). The van der Waals surface area contributed by atoms with Crippen molar-refractivity contribution in [1.82, 2.24) is 15.5 Å². The van der Waals surface area contributed by atoms with Gasteiger partial charge in [0.1, 0.15) is 12.4 Å². The Hall–Kier alpha value is -2.65. The number of hydrogen-bond acceptors (Lipinski definition) is 3. The van der Waals surface area contributed by atoms with Crippen molar-refractivity contribution in [2.45, 2.75) is 6.54 Å². The number of nitrogens with one attached hydrogen (secondary N) is 2. The van der Waals surface area contributed by atoms with Crippen LogP contribution in [0.15, 0.2) is 30.6 Å². The van der Waals surface area contributed by atoms with Crippen LogP contribution in [0.5, 0.6) is 0 Å². The van der Waals surface area contributed by atoms with Crippen LogP contribution in [0.4, 0.5) is 4.39 Å². The highest BCUT2D eigenvalue weighted by Crippen LogP contribution is 2.10. The number of carbonyl (C=O) groups excluding carboxylic acids is 1. The van der Waals surface area contributed by atoms with E-state index in [2.05, 4.69) is 27.4 Å². The van der Waals surface area contributed by atoms with Crippen LogP contribution in [0.25, 0.3) is 0 Å². The molecule has 102 valence electrons. The number of carbonyl (C=O) groups is 1. The second-order valence-electron chi connectivity index (χ2n) is 3.94. The standard InChI is InChI=1S/C14H12FN3O2/c15-12-4-3-11(2-1-5-19)13(6-12)14(20)16-7-10-8-17-18-9-10/h3-4,6,8-9,19H,5,7H2,(H,16,20)(H,17,18). The van der Waals surface area contributed by atoms with E-state index in [4.69, 9.17) is 5.11 Å². The van der Waals surface area contributed by atoms with Crippen molar-refractivity contribution in [2.75, 3.05) is 6.61 Å². The molecule has 3 N–H and O–H groups in total. The molecule has 0 unspecified atom stereocenters. The maximum atomic E-state index is 13.3. The fourth-order valence-corrected chi connectivity index (χ4v) is 1.60. The monoisotopic (exact) mass is 273 g/mol. The Morgan fingerprint density at radius 1 is 1.50 bits per heavy atom. The van der Waals surface area contributed by atoms with Crippen molar-refractivity contribution >= 4 is 5.91 Å². The van der Waals surface area contributed by atoms with Gasteiger partial charge in [-0.1, -0.05) is 11.8 Å². The lowest BCUT2D eigenvalue weighted by molar-refractivity contribution is 0.0950. The average Bonchev–Trinajstić information content (AvgIpc) is 2.96. The zero-order chi connectivity index (χ0) is 14.4. The van der Waals surface area contributed by atoms with Crippen LogP contribution in [-0.2, 0) is 6.54 Å². The van der Waals surface area contributed by atoms with Crippen LogP contribution in [0.1, 0.15) is 21.5 Å². The Bertz CT molecular complexity index is 657. The second-order valence-corrected chi connectivity index (χ2v) is 3.94. The number of benzene rings is 1. The largest absolute Gasteiger partial charge is 0.384 e. The number of aromatic amines is 1. The molecule has 0 aliphatic heterocycles. The van der Waals surface area contributed by atoms with Crippen molar-refractivity contribution in [3.63, 3.8) is 0 Å². The molecule has 0 aliphatic carbocycles. The summed E-state index contributed by atoms with van der Waals surface area (Å²) in [7, 11) is 0. The van der Waals surface area contributed by atoms with E-state index in [1.165, 1.54) is 12.1 Å². The molecule has 0 aliphatic rings. The van der Waals surface area contributed by atoms with Gasteiger partial charge in [-0.05, 0) is 18.2 Å². The van der Waals surface area contributed by atoms with Gasteiger partial charge in [0.2, 0.25) is 0 Å². The minimum Gasteiger partial charge on any atom is -0.384 e. The third-order valence-corrected chi connectivity index (χ3v) is 2.54. The molecule has 6 heteroatoms. The third-order valence-electron chi connectivity index (χ3n) is 2.54. The molecule has 0 spiro atoms. The molecular weight excluding hydrogens is 261 g/mol. The number of hydrogen-bond donors (Lipinski definition) is 3. The molecule has 0 fully saturated rings. The van der Waals surface area contributed by atoms with Crippen LogP contribution in [-0.4, -0.2) is 27.8 Å². The number of rotatable bonds is 3. The Morgan fingerprint density at radius 3 is 3.05 bits per heavy atom. The summed E-state index contributed by atoms with van der Waals surface area (Å²) in [6, 6.07) is 3.74. The first kappa shape index (κ1) is 13.8. The molecule has 0 bridgehead atoms. The summed E-state index contributed by atoms with van der Waals surface area (Å²) < 4.78 is 13.3. The van der Waals surface area contributed by atoms with Gasteiger partial charge in [0.15, 0.2) is 0 Å². The number of H-pyrrole nitrogens is 1. The highest BCUT2D eigenvalue weighted by Gasteiger charge is 2.11. The molecule has 0 saturated heterocycles. The Morgan fingerprint density at radius 2 is 2.35 bits per heavy atom. The maximum absolute atomic E-state index is 13.3. The SMILES string of the molecule is O=C(NCc1cn[nH]c1)c1cc(F)ccc1C#CCO. The average molecular weight is 273 g/mol. The van der Waals surface area contributed by atoms with Crippen molar-refractivity contribution in [2.24, 2.45) is 0 Å². The molecule has 1 aromatic heterocycles. The van der Waals surface area contributed by atoms with E-state index < -0.39 is 11.7 Å². The summed E-state index contributed by atoms with van der Waals surface area (Å²) in [6.07, 6.45) is 3.23. The number of amides is 1. The van der Waals surface area contributed by atoms with Gasteiger partial charge in [0.05, 0.1) is 11.8 Å². The van der Waals surface area contributed by atoms with Gasteiger partial charge in [-0.2, -0.15) is 5.10 Å². The highest BCUT2D eigenvalue weighted by atomic mass is 19.1. The Kier molecular flexibility index (Phi) is 4.47. The van der Waals surface area contributed by atoms with Gasteiger partial charge in [0.25, 0.3) is 5.91 Å². The first-order valence-electron chi connectivity index (χ1n) is 5.86. The summed E-state index contributed by atoms with van der Waals surface area (Å²) in [5, 5.41) is 17.7. The summed E-state index contributed by atoms with van der Waals surface area (Å²) in [6.45, 7) is -0.0494. The van der Waals surface area contributed by atoms with Gasteiger partial charge in [0, 0.05) is 23.9 Å². The fraction of sp³-hybridized carbons (Fsp3) is 0.143. The van der Waals surface area contributed by atoms with Crippen molar-refractivity contribution < 1.29 is 14.3 Å². The topological polar surface area (TPSA) is 78.0 Å². The summed E-state index contributed by atoms with van der Waals surface area (Å²) >= 11 is 0. The summed E-state index contributed by atoms with van der Waals surface area (Å²) in [5.74, 6) is 4.10. The molecule has 0 saturated carbocycles. The van der Waals surface area contributed by atoms with Crippen LogP contribution in [0.3, 0.4) is 0 Å². The van der Waals surface area contributed by atoms with Gasteiger partial charge in [-0.15, -0.1) is 0 Å². The Labute approximate surface area is 114 Å². The predicted octanol–water partition coefficient (Wildman–Crippen LogP) is 0.823. The van der Waals surface area contributed by atoms with Crippen LogP contribution < -0.4 is 5.32 Å².